The zero-order valence-electron chi connectivity index (χ0n) is 10.9. The Bertz CT molecular complexity index is 529. The van der Waals surface area contributed by atoms with Gasteiger partial charge in [-0.1, -0.05) is 13.8 Å². The van der Waals surface area contributed by atoms with Crippen molar-refractivity contribution < 1.29 is 8.42 Å². The molecule has 0 amide bonds. The summed E-state index contributed by atoms with van der Waals surface area (Å²) in [7, 11) is -3.44. The van der Waals surface area contributed by atoms with Gasteiger partial charge in [0.1, 0.15) is 4.21 Å². The van der Waals surface area contributed by atoms with E-state index in [1.165, 1.54) is 15.6 Å². The molecule has 1 aromatic rings. The molecular weight excluding hydrogens is 268 g/mol. The van der Waals surface area contributed by atoms with Gasteiger partial charge in [-0.2, -0.15) is 9.57 Å². The smallest absolute Gasteiger partial charge is 0.206 e. The van der Waals surface area contributed by atoms with E-state index in [-0.39, 0.29) is 12.5 Å². The molecular formula is C12H18N2O2S2. The molecule has 100 valence electrons. The van der Waals surface area contributed by atoms with Crippen molar-refractivity contribution in [2.45, 2.75) is 31.4 Å². The lowest BCUT2D eigenvalue weighted by molar-refractivity contribution is 0.401. The van der Waals surface area contributed by atoms with Gasteiger partial charge in [0.25, 0.3) is 10.0 Å². The van der Waals surface area contributed by atoms with Crippen molar-refractivity contribution in [1.29, 1.82) is 5.26 Å². The summed E-state index contributed by atoms with van der Waals surface area (Å²) in [4.78, 5) is 1.05. The van der Waals surface area contributed by atoms with Crippen LogP contribution in [0.15, 0.2) is 16.3 Å². The van der Waals surface area contributed by atoms with Crippen LogP contribution in [0.25, 0.3) is 0 Å². The van der Waals surface area contributed by atoms with Crippen molar-refractivity contribution in [3.05, 3.63) is 17.0 Å². The monoisotopic (exact) mass is 286 g/mol. The first-order chi connectivity index (χ1) is 8.45. The number of nitriles is 1. The minimum atomic E-state index is -3.44. The highest BCUT2D eigenvalue weighted by atomic mass is 32.2. The minimum Gasteiger partial charge on any atom is -0.206 e. The van der Waals surface area contributed by atoms with Gasteiger partial charge in [0.2, 0.25) is 0 Å². The van der Waals surface area contributed by atoms with Gasteiger partial charge in [0, 0.05) is 18.0 Å². The lowest BCUT2D eigenvalue weighted by Gasteiger charge is -2.20. The summed E-state index contributed by atoms with van der Waals surface area (Å²) in [5.74, 6) is -0.301. The number of hydrogen-bond acceptors (Lipinski definition) is 4. The summed E-state index contributed by atoms with van der Waals surface area (Å²) in [6, 6.07) is 5.56. The Hall–Kier alpha value is -0.900. The van der Waals surface area contributed by atoms with Gasteiger partial charge in [-0.25, -0.2) is 8.42 Å². The molecule has 0 aliphatic rings. The maximum atomic E-state index is 12.4. The van der Waals surface area contributed by atoms with Crippen LogP contribution in [0.3, 0.4) is 0 Å². The van der Waals surface area contributed by atoms with E-state index < -0.39 is 10.0 Å². The van der Waals surface area contributed by atoms with Crippen molar-refractivity contribution >= 4 is 21.4 Å². The van der Waals surface area contributed by atoms with E-state index in [2.05, 4.69) is 6.07 Å². The molecule has 0 N–H and O–H groups in total. The molecule has 1 heterocycles. The molecule has 0 bridgehead atoms. The average molecular weight is 286 g/mol. The number of aryl methyl sites for hydroxylation is 1. The Morgan fingerprint density at radius 1 is 1.44 bits per heavy atom. The average Bonchev–Trinajstić information content (AvgIpc) is 2.84. The second-order valence-electron chi connectivity index (χ2n) is 4.06. The van der Waals surface area contributed by atoms with Crippen LogP contribution in [0.1, 0.15) is 25.6 Å². The molecule has 0 aliphatic carbocycles. The first kappa shape index (κ1) is 15.2. The Morgan fingerprint density at radius 2 is 2.11 bits per heavy atom. The molecule has 0 fully saturated rings. The summed E-state index contributed by atoms with van der Waals surface area (Å²) in [5.41, 5.74) is 0. The number of nitrogens with zero attached hydrogens (tertiary/aromatic N) is 2. The second-order valence-corrected chi connectivity index (χ2v) is 7.39. The fraction of sp³-hybridized carbons (Fsp3) is 0.583. The van der Waals surface area contributed by atoms with Crippen LogP contribution in [0.2, 0.25) is 0 Å². The van der Waals surface area contributed by atoms with Crippen LogP contribution < -0.4 is 0 Å². The lowest BCUT2D eigenvalue weighted by Crippen LogP contribution is -2.33. The zero-order chi connectivity index (χ0) is 13.8. The number of hydrogen-bond donors (Lipinski definition) is 0. The van der Waals surface area contributed by atoms with Gasteiger partial charge in [-0.3, -0.25) is 0 Å². The second kappa shape index (κ2) is 6.32. The van der Waals surface area contributed by atoms with Crippen molar-refractivity contribution in [3.63, 3.8) is 0 Å². The van der Waals surface area contributed by atoms with Crippen LogP contribution in [0.5, 0.6) is 0 Å². The van der Waals surface area contributed by atoms with E-state index >= 15 is 0 Å². The third-order valence-electron chi connectivity index (χ3n) is 2.63. The molecule has 0 saturated heterocycles. The molecule has 1 atom stereocenters. The van der Waals surface area contributed by atoms with Crippen LogP contribution in [-0.4, -0.2) is 25.8 Å². The number of rotatable bonds is 6. The third-order valence-corrected chi connectivity index (χ3v) is 6.27. The normalized spacial score (nSPS) is 13.5. The summed E-state index contributed by atoms with van der Waals surface area (Å²) >= 11 is 1.31. The Kier molecular flexibility index (Phi) is 5.32. The SMILES string of the molecule is CCc1ccc(S(=O)(=O)N(CC)CC(C)C#N)s1. The fourth-order valence-corrected chi connectivity index (χ4v) is 4.55. The van der Waals surface area contributed by atoms with Crippen LogP contribution >= 0.6 is 11.3 Å². The Morgan fingerprint density at radius 3 is 2.56 bits per heavy atom. The number of sulfonamides is 1. The largest absolute Gasteiger partial charge is 0.252 e. The predicted octanol–water partition coefficient (Wildman–Crippen LogP) is 2.48. The van der Waals surface area contributed by atoms with Gasteiger partial charge in [-0.15, -0.1) is 11.3 Å². The van der Waals surface area contributed by atoms with E-state index in [1.807, 2.05) is 13.0 Å². The molecule has 1 unspecified atom stereocenters. The third kappa shape index (κ3) is 3.31. The van der Waals surface area contributed by atoms with Crippen molar-refractivity contribution in [2.24, 2.45) is 5.92 Å². The molecule has 0 saturated carbocycles. The zero-order valence-corrected chi connectivity index (χ0v) is 12.5. The highest BCUT2D eigenvalue weighted by molar-refractivity contribution is 7.91. The summed E-state index contributed by atoms with van der Waals surface area (Å²) < 4.78 is 26.5. The Balaban J connectivity index is 3.00. The van der Waals surface area contributed by atoms with E-state index in [0.717, 1.165) is 11.3 Å². The predicted molar refractivity (Wildman–Crippen MR) is 72.9 cm³/mol. The topological polar surface area (TPSA) is 61.2 Å². The highest BCUT2D eigenvalue weighted by Gasteiger charge is 2.26. The summed E-state index contributed by atoms with van der Waals surface area (Å²) in [5, 5.41) is 8.79. The molecule has 0 radical (unpaired) electrons. The van der Waals surface area contributed by atoms with E-state index in [9.17, 15) is 8.42 Å². The lowest BCUT2D eigenvalue weighted by atomic mass is 10.2. The van der Waals surface area contributed by atoms with Gasteiger partial charge in [0.05, 0.1) is 12.0 Å². The first-order valence-corrected chi connectivity index (χ1v) is 8.19. The van der Waals surface area contributed by atoms with E-state index in [4.69, 9.17) is 5.26 Å². The minimum absolute atomic E-state index is 0.245. The van der Waals surface area contributed by atoms with E-state index in [1.54, 1.807) is 19.9 Å². The van der Waals surface area contributed by atoms with Crippen molar-refractivity contribution in [3.8, 4) is 6.07 Å². The highest BCUT2D eigenvalue weighted by Crippen LogP contribution is 2.25. The molecule has 0 aliphatic heterocycles. The van der Waals surface area contributed by atoms with Crippen LogP contribution in [0, 0.1) is 17.2 Å². The molecule has 1 rings (SSSR count). The van der Waals surface area contributed by atoms with E-state index in [0.29, 0.717) is 10.8 Å². The fourth-order valence-electron chi connectivity index (χ4n) is 1.56. The van der Waals surface area contributed by atoms with Crippen LogP contribution in [-0.2, 0) is 16.4 Å². The molecule has 1 aromatic heterocycles. The van der Waals surface area contributed by atoms with Gasteiger partial charge >= 0.3 is 0 Å². The number of thiophene rings is 1. The summed E-state index contributed by atoms with van der Waals surface area (Å²) in [6.45, 7) is 6.14. The van der Waals surface area contributed by atoms with Gasteiger partial charge in [0.15, 0.2) is 0 Å². The molecule has 0 spiro atoms. The maximum Gasteiger partial charge on any atom is 0.252 e. The Labute approximate surface area is 113 Å². The molecule has 4 nitrogen and oxygen atoms in total. The van der Waals surface area contributed by atoms with Gasteiger partial charge in [-0.05, 0) is 25.5 Å². The van der Waals surface area contributed by atoms with Crippen LogP contribution in [0.4, 0.5) is 0 Å². The molecule has 18 heavy (non-hydrogen) atoms. The molecule has 6 heteroatoms. The quantitative estimate of drug-likeness (QED) is 0.807. The van der Waals surface area contributed by atoms with Gasteiger partial charge < -0.3 is 0 Å². The summed E-state index contributed by atoms with van der Waals surface area (Å²) in [6.07, 6.45) is 0.834. The first-order valence-electron chi connectivity index (χ1n) is 5.94. The van der Waals surface area contributed by atoms with Crippen molar-refractivity contribution in [1.82, 2.24) is 4.31 Å². The maximum absolute atomic E-state index is 12.4. The molecule has 0 aromatic carbocycles. The standard InChI is InChI=1S/C12H18N2O2S2/c1-4-11-6-7-12(17-11)18(15,16)14(5-2)9-10(3)8-13/h6-7,10H,4-5,9H2,1-3H3. The van der Waals surface area contributed by atoms with Crippen molar-refractivity contribution in [2.75, 3.05) is 13.1 Å².